The average Bonchev–Trinajstić information content (AvgIpc) is 3.51. The summed E-state index contributed by atoms with van der Waals surface area (Å²) in [5, 5.41) is 5.10. The smallest absolute Gasteiger partial charge is 0.425 e. The Kier molecular flexibility index (Phi) is 12.1. The van der Waals surface area contributed by atoms with Crippen LogP contribution in [0.1, 0.15) is 77.3 Å². The molecule has 15 heteroatoms. The molecule has 7 heterocycles. The highest BCUT2D eigenvalue weighted by molar-refractivity contribution is 6.30. The maximum atomic E-state index is 13.8. The first-order valence-electron chi connectivity index (χ1n) is 21.1. The molecule has 1 spiro atoms. The molecule has 2 aromatic heterocycles. The Morgan fingerprint density at radius 1 is 0.912 bits per heavy atom. The highest BCUT2D eigenvalue weighted by Gasteiger charge is 2.74. The Morgan fingerprint density at radius 3 is 2.32 bits per heavy atom. The van der Waals surface area contributed by atoms with Gasteiger partial charge in [0.05, 0.1) is 24.1 Å². The van der Waals surface area contributed by atoms with Crippen LogP contribution >= 0.6 is 11.6 Å². The van der Waals surface area contributed by atoms with Gasteiger partial charge < -0.3 is 29.6 Å². The Bertz CT molecular complexity index is 1870. The van der Waals surface area contributed by atoms with Crippen LogP contribution in [0, 0.1) is 0 Å². The van der Waals surface area contributed by atoms with Gasteiger partial charge in [0, 0.05) is 89.4 Å². The molecule has 0 bridgehead atoms. The number of carbonyl (C=O) groups excluding carboxylic acids is 2. The predicted molar refractivity (Wildman–Crippen MR) is 220 cm³/mol. The number of amides is 2. The summed E-state index contributed by atoms with van der Waals surface area (Å²) in [7, 11) is 0. The van der Waals surface area contributed by atoms with E-state index < -0.39 is 11.1 Å². The number of piperazine rings is 1. The summed E-state index contributed by atoms with van der Waals surface area (Å²) in [5.74, 6) is 2.06. The Labute approximate surface area is 341 Å². The number of aromatic amines is 1. The van der Waals surface area contributed by atoms with Crippen molar-refractivity contribution < 1.29 is 24.1 Å². The third-order valence-corrected chi connectivity index (χ3v) is 12.7. The fraction of sp³-hybridized carbons (Fsp3) is 0.643. The molecule has 0 radical (unpaired) electrons. The van der Waals surface area contributed by atoms with Crippen LogP contribution in [0.2, 0.25) is 5.02 Å². The first-order chi connectivity index (χ1) is 27.5. The molecule has 5 aliphatic rings. The van der Waals surface area contributed by atoms with Gasteiger partial charge in [-0.25, -0.2) is 9.97 Å². The molecule has 2 amide bonds. The number of hydrogen-bond donors (Lipinski definition) is 3. The number of rotatable bonds is 10. The van der Waals surface area contributed by atoms with Gasteiger partial charge in [0.25, 0.3) is 0 Å². The van der Waals surface area contributed by atoms with E-state index >= 15 is 0 Å². The van der Waals surface area contributed by atoms with E-state index in [-0.39, 0.29) is 18.0 Å². The zero-order chi connectivity index (χ0) is 39.6. The quantitative estimate of drug-likeness (QED) is 0.263. The Hall–Kier alpha value is -3.82. The molecule has 308 valence electrons. The number of carbonyl (C=O) groups is 2. The maximum Gasteiger partial charge on any atom is 0.508 e. The number of benzene rings is 1. The zero-order valence-electron chi connectivity index (χ0n) is 33.8. The second-order valence-corrected chi connectivity index (χ2v) is 17.9. The van der Waals surface area contributed by atoms with Crippen molar-refractivity contribution in [2.75, 3.05) is 83.4 Å². The summed E-state index contributed by atoms with van der Waals surface area (Å²) >= 11 is 6.35. The molecule has 1 atom stereocenters. The van der Waals surface area contributed by atoms with E-state index in [4.69, 9.17) is 21.1 Å². The number of halogens is 1. The van der Waals surface area contributed by atoms with E-state index in [9.17, 15) is 9.59 Å². The highest BCUT2D eigenvalue weighted by Crippen LogP contribution is 2.45. The zero-order valence-corrected chi connectivity index (χ0v) is 34.6. The first kappa shape index (κ1) is 40.0. The van der Waals surface area contributed by atoms with Gasteiger partial charge in [-0.1, -0.05) is 23.7 Å². The number of amidine groups is 1. The van der Waals surface area contributed by atoms with E-state index in [1.54, 1.807) is 6.33 Å². The molecule has 3 N–H and O–H groups in total. The minimum atomic E-state index is -0.620. The minimum absolute atomic E-state index is 0.0534. The molecule has 14 nitrogen and oxygen atoms in total. The molecule has 5 fully saturated rings. The molecule has 57 heavy (non-hydrogen) atoms. The summed E-state index contributed by atoms with van der Waals surface area (Å²) in [6, 6.07) is 9.98. The van der Waals surface area contributed by atoms with Gasteiger partial charge >= 0.3 is 11.9 Å². The number of nitrogens with one attached hydrogen (secondary N) is 3. The number of fused-ring (bicyclic) bond motifs is 1. The van der Waals surface area contributed by atoms with Gasteiger partial charge in [-0.05, 0) is 83.3 Å². The van der Waals surface area contributed by atoms with E-state index in [2.05, 4.69) is 52.1 Å². The summed E-state index contributed by atoms with van der Waals surface area (Å²) in [6.07, 6.45) is 10.4. The molecule has 0 saturated carbocycles. The van der Waals surface area contributed by atoms with Crippen LogP contribution < -0.4 is 15.2 Å². The van der Waals surface area contributed by atoms with Gasteiger partial charge in [-0.15, -0.1) is 4.90 Å². The molecule has 1 aromatic carbocycles. The molecular formula is C42H60ClN10O4+. The summed E-state index contributed by atoms with van der Waals surface area (Å²) < 4.78 is 12.4. The van der Waals surface area contributed by atoms with Crippen molar-refractivity contribution in [1.29, 1.82) is 0 Å². The van der Waals surface area contributed by atoms with Crippen molar-refractivity contribution in [3.63, 3.8) is 0 Å². The summed E-state index contributed by atoms with van der Waals surface area (Å²) in [5.41, 5.74) is 0.865. The van der Waals surface area contributed by atoms with Gasteiger partial charge in [0.15, 0.2) is 0 Å². The second-order valence-electron chi connectivity index (χ2n) is 17.4. The predicted octanol–water partition coefficient (Wildman–Crippen LogP) is 3.19. The third kappa shape index (κ3) is 9.41. The number of ether oxygens (including phenoxy) is 2. The van der Waals surface area contributed by atoms with E-state index in [0.717, 1.165) is 145 Å². The lowest BCUT2D eigenvalue weighted by atomic mass is 9.95. The van der Waals surface area contributed by atoms with Crippen molar-refractivity contribution in [1.82, 2.24) is 39.9 Å². The van der Waals surface area contributed by atoms with Crippen LogP contribution in [-0.2, 0) is 14.3 Å². The van der Waals surface area contributed by atoms with Crippen LogP contribution in [0.4, 0.5) is 10.6 Å². The maximum absolute atomic E-state index is 13.8. The average molecular weight is 804 g/mol. The fourth-order valence-corrected chi connectivity index (χ4v) is 9.29. The summed E-state index contributed by atoms with van der Waals surface area (Å²) in [4.78, 5) is 54.2. The van der Waals surface area contributed by atoms with Gasteiger partial charge in [0.1, 0.15) is 29.4 Å². The Morgan fingerprint density at radius 2 is 1.61 bits per heavy atom. The van der Waals surface area contributed by atoms with Gasteiger partial charge in [0.2, 0.25) is 11.4 Å². The molecule has 8 rings (SSSR count). The minimum Gasteiger partial charge on any atom is -0.425 e. The van der Waals surface area contributed by atoms with Crippen molar-refractivity contribution in [2.24, 2.45) is 0 Å². The van der Waals surface area contributed by atoms with E-state index in [0.29, 0.717) is 23.8 Å². The Balaban J connectivity index is 0.891. The highest BCUT2D eigenvalue weighted by atomic mass is 35.5. The molecule has 5 saturated heterocycles. The largest absolute Gasteiger partial charge is 0.508 e. The number of H-pyrrole nitrogens is 1. The normalized spacial score (nSPS) is 22.7. The standard InChI is InChI=1S/C42H59ClN10O4/c1-41(2,3)57-40(55)53-39(42(53)14-22-52(23-15-42)38-34-10-18-45-37(34)46-29-47-38)48-35(30-4-6-31(43)7-5-30)13-21-49-24-26-51(27-25-49)36(54)28-50-19-11-33(12-20-50)56-32-8-16-44-17-9-32/h4-7,10,18,29,32-33,35,44H,8-9,11-17,19-28H2,1-3H3,(H,45,46,47)/p+1/t35-,53?/m0/s1. The van der Waals surface area contributed by atoms with Crippen molar-refractivity contribution in [3.05, 3.63) is 53.4 Å². The van der Waals surface area contributed by atoms with Crippen molar-refractivity contribution in [3.8, 4) is 0 Å². The van der Waals surface area contributed by atoms with Gasteiger partial charge in [-0.2, -0.15) is 4.79 Å². The fourth-order valence-electron chi connectivity index (χ4n) is 9.16. The number of likely N-dealkylation sites (tertiary alicyclic amines) is 1. The molecule has 5 aliphatic heterocycles. The number of anilines is 1. The lowest BCUT2D eigenvalue weighted by molar-refractivity contribution is -0.511. The second kappa shape index (κ2) is 17.2. The monoisotopic (exact) mass is 803 g/mol. The van der Waals surface area contributed by atoms with Crippen LogP contribution in [0.3, 0.4) is 0 Å². The third-order valence-electron chi connectivity index (χ3n) is 12.4. The lowest BCUT2D eigenvalue weighted by Gasteiger charge is -2.38. The SMILES string of the molecule is CC(C)(C)OC(=O)N1C(=[NH+][C@@H](CCN2CCN(C(=O)CN3CCC(OC4CCNCC4)CC3)CC2)c2ccc(Cl)cc2)C12CCN(c1ncnc3[nH]ccc13)CC2. The molecule has 0 unspecified atom stereocenters. The number of nitrogens with zero attached hydrogens (tertiary/aromatic N) is 7. The molecular weight excluding hydrogens is 744 g/mol. The number of piperidine rings is 3. The van der Waals surface area contributed by atoms with Crippen LogP contribution in [0.25, 0.3) is 11.0 Å². The summed E-state index contributed by atoms with van der Waals surface area (Å²) in [6.45, 7) is 15.6. The van der Waals surface area contributed by atoms with Crippen LogP contribution in [0.15, 0.2) is 42.9 Å². The van der Waals surface area contributed by atoms with Crippen LogP contribution in [-0.4, -0.2) is 154 Å². The number of aromatic nitrogens is 3. The van der Waals surface area contributed by atoms with E-state index in [1.807, 2.05) is 55.0 Å². The van der Waals surface area contributed by atoms with E-state index in [1.165, 1.54) is 0 Å². The topological polar surface area (TPSA) is 136 Å². The van der Waals surface area contributed by atoms with Crippen LogP contribution in [0.5, 0.6) is 0 Å². The number of hydrogen-bond acceptors (Lipinski definition) is 10. The van der Waals surface area contributed by atoms with Crippen molar-refractivity contribution in [2.45, 2.75) is 95.1 Å². The van der Waals surface area contributed by atoms with Gasteiger partial charge in [-0.3, -0.25) is 19.6 Å². The molecule has 3 aromatic rings. The lowest BCUT2D eigenvalue weighted by Crippen LogP contribution is -2.74. The first-order valence-corrected chi connectivity index (χ1v) is 21.5. The van der Waals surface area contributed by atoms with Crippen molar-refractivity contribution >= 4 is 46.3 Å². The molecule has 0 aliphatic carbocycles.